The first-order valence-electron chi connectivity index (χ1n) is 9.07. The molecule has 0 radical (unpaired) electrons. The van der Waals surface area contributed by atoms with Crippen LogP contribution in [0.25, 0.3) is 0 Å². The second kappa shape index (κ2) is 12.4. The van der Waals surface area contributed by atoms with Gasteiger partial charge in [-0.15, -0.1) is 24.0 Å². The van der Waals surface area contributed by atoms with Gasteiger partial charge in [0.2, 0.25) is 0 Å². The molecule has 0 aromatic heterocycles. The first-order chi connectivity index (χ1) is 11.7. The normalized spacial score (nSPS) is 15.6. The number of aryl methyl sites for hydroxylation is 1. The van der Waals surface area contributed by atoms with Crippen LogP contribution < -0.4 is 10.1 Å². The summed E-state index contributed by atoms with van der Waals surface area (Å²) >= 11 is 0. The van der Waals surface area contributed by atoms with Gasteiger partial charge in [-0.2, -0.15) is 0 Å². The van der Waals surface area contributed by atoms with Gasteiger partial charge in [0.1, 0.15) is 12.4 Å². The topological polar surface area (TPSA) is 46.1 Å². The predicted molar refractivity (Wildman–Crippen MR) is 114 cm³/mol. The van der Waals surface area contributed by atoms with E-state index < -0.39 is 0 Å². The molecule has 1 fully saturated rings. The molecule has 0 spiro atoms. The van der Waals surface area contributed by atoms with Crippen molar-refractivity contribution in [2.24, 2.45) is 4.99 Å². The molecule has 5 nitrogen and oxygen atoms in total. The average molecular weight is 461 g/mol. The lowest BCUT2D eigenvalue weighted by Gasteiger charge is -2.34. The van der Waals surface area contributed by atoms with Crippen LogP contribution >= 0.6 is 24.0 Å². The molecular weight excluding hydrogens is 429 g/mol. The van der Waals surface area contributed by atoms with E-state index in [-0.39, 0.29) is 24.0 Å². The van der Waals surface area contributed by atoms with Crippen molar-refractivity contribution in [1.29, 1.82) is 0 Å². The number of piperidine rings is 1. The van der Waals surface area contributed by atoms with E-state index in [0.29, 0.717) is 19.3 Å². The Hall–Kier alpha value is -1.02. The molecule has 0 aliphatic carbocycles. The number of rotatable bonds is 7. The van der Waals surface area contributed by atoms with Crippen molar-refractivity contribution in [2.75, 3.05) is 39.4 Å². The van der Waals surface area contributed by atoms with Gasteiger partial charge in [0, 0.05) is 26.2 Å². The molecule has 1 aromatic rings. The summed E-state index contributed by atoms with van der Waals surface area (Å²) in [6.45, 7) is 11.1. The third-order valence-electron chi connectivity index (χ3n) is 4.18. The first kappa shape index (κ1) is 22.0. The number of likely N-dealkylation sites (tertiary alicyclic amines) is 1. The molecule has 1 saturated heterocycles. The predicted octanol–water partition coefficient (Wildman–Crippen LogP) is 3.46. The van der Waals surface area contributed by atoms with E-state index in [9.17, 15) is 0 Å². The fourth-order valence-electron chi connectivity index (χ4n) is 2.92. The van der Waals surface area contributed by atoms with E-state index in [1.54, 1.807) is 0 Å². The SMILES string of the molecule is CCNC(=NCCOc1ccccc1C)N1CCC(OCC)CC1.I. The molecule has 6 heteroatoms. The lowest BCUT2D eigenvalue weighted by molar-refractivity contribution is 0.0263. The zero-order valence-electron chi connectivity index (χ0n) is 15.7. The maximum Gasteiger partial charge on any atom is 0.194 e. The van der Waals surface area contributed by atoms with Gasteiger partial charge in [0.05, 0.1) is 12.6 Å². The summed E-state index contributed by atoms with van der Waals surface area (Å²) in [5, 5.41) is 3.39. The quantitative estimate of drug-likeness (QED) is 0.293. The van der Waals surface area contributed by atoms with E-state index in [4.69, 9.17) is 14.5 Å². The number of halogens is 1. The minimum atomic E-state index is 0. The Morgan fingerprint density at radius 1 is 1.24 bits per heavy atom. The van der Waals surface area contributed by atoms with Crippen molar-refractivity contribution in [3.05, 3.63) is 29.8 Å². The number of aliphatic imine (C=N–C) groups is 1. The second-order valence-corrected chi connectivity index (χ2v) is 5.99. The van der Waals surface area contributed by atoms with Crippen LogP contribution in [-0.2, 0) is 4.74 Å². The zero-order chi connectivity index (χ0) is 17.2. The number of para-hydroxylation sites is 1. The first-order valence-corrected chi connectivity index (χ1v) is 9.07. The number of nitrogens with zero attached hydrogens (tertiary/aromatic N) is 2. The van der Waals surface area contributed by atoms with Crippen molar-refractivity contribution in [3.8, 4) is 5.75 Å². The molecule has 0 saturated carbocycles. The number of guanidine groups is 1. The van der Waals surface area contributed by atoms with Gasteiger partial charge >= 0.3 is 0 Å². The number of benzene rings is 1. The van der Waals surface area contributed by atoms with Gasteiger partial charge in [-0.3, -0.25) is 0 Å². The average Bonchev–Trinajstić information content (AvgIpc) is 2.60. The summed E-state index contributed by atoms with van der Waals surface area (Å²) in [4.78, 5) is 7.04. The van der Waals surface area contributed by atoms with Gasteiger partial charge in [-0.1, -0.05) is 18.2 Å². The van der Waals surface area contributed by atoms with Crippen molar-refractivity contribution in [1.82, 2.24) is 10.2 Å². The van der Waals surface area contributed by atoms with E-state index in [1.165, 1.54) is 0 Å². The minimum Gasteiger partial charge on any atom is -0.491 e. The maximum atomic E-state index is 5.83. The highest BCUT2D eigenvalue weighted by Crippen LogP contribution is 2.16. The summed E-state index contributed by atoms with van der Waals surface area (Å²) in [6.07, 6.45) is 2.54. The summed E-state index contributed by atoms with van der Waals surface area (Å²) in [5.74, 6) is 1.93. The van der Waals surface area contributed by atoms with Gasteiger partial charge in [-0.25, -0.2) is 4.99 Å². The van der Waals surface area contributed by atoms with Crippen molar-refractivity contribution < 1.29 is 9.47 Å². The Balaban J connectivity index is 0.00000312. The highest BCUT2D eigenvalue weighted by Gasteiger charge is 2.21. The van der Waals surface area contributed by atoms with Crippen LogP contribution in [0, 0.1) is 6.92 Å². The molecule has 1 aliphatic rings. The monoisotopic (exact) mass is 461 g/mol. The molecule has 25 heavy (non-hydrogen) atoms. The number of ether oxygens (including phenoxy) is 2. The minimum absolute atomic E-state index is 0. The summed E-state index contributed by atoms with van der Waals surface area (Å²) in [7, 11) is 0. The Morgan fingerprint density at radius 2 is 1.96 bits per heavy atom. The van der Waals surface area contributed by atoms with E-state index in [2.05, 4.69) is 37.1 Å². The van der Waals surface area contributed by atoms with E-state index in [1.807, 2.05) is 18.2 Å². The Morgan fingerprint density at radius 3 is 2.60 bits per heavy atom. The van der Waals surface area contributed by atoms with Crippen molar-refractivity contribution in [3.63, 3.8) is 0 Å². The molecule has 1 heterocycles. The van der Waals surface area contributed by atoms with E-state index in [0.717, 1.165) is 56.4 Å². The highest BCUT2D eigenvalue weighted by molar-refractivity contribution is 14.0. The summed E-state index contributed by atoms with van der Waals surface area (Å²) in [6, 6.07) is 8.08. The number of hydrogen-bond acceptors (Lipinski definition) is 3. The number of hydrogen-bond donors (Lipinski definition) is 1. The van der Waals surface area contributed by atoms with Crippen LogP contribution in [-0.4, -0.2) is 56.4 Å². The Labute approximate surface area is 169 Å². The molecule has 1 aliphatic heterocycles. The van der Waals surface area contributed by atoms with Crippen LogP contribution in [0.15, 0.2) is 29.3 Å². The zero-order valence-corrected chi connectivity index (χ0v) is 18.0. The van der Waals surface area contributed by atoms with Crippen LogP contribution in [0.1, 0.15) is 32.3 Å². The Bertz CT molecular complexity index is 517. The fraction of sp³-hybridized carbons (Fsp3) is 0.632. The summed E-state index contributed by atoms with van der Waals surface area (Å²) in [5.41, 5.74) is 1.16. The molecule has 2 rings (SSSR count). The molecule has 0 bridgehead atoms. The van der Waals surface area contributed by atoms with Gasteiger partial charge in [-0.05, 0) is 45.2 Å². The lowest BCUT2D eigenvalue weighted by Crippen LogP contribution is -2.47. The Kier molecular flexibility index (Phi) is 10.9. The van der Waals surface area contributed by atoms with Crippen LogP contribution in [0.2, 0.25) is 0 Å². The molecular formula is C19H32IN3O2. The molecule has 142 valence electrons. The van der Waals surface area contributed by atoms with Gasteiger partial charge < -0.3 is 19.7 Å². The molecule has 1 aromatic carbocycles. The standard InChI is InChI=1S/C19H31N3O2.HI/c1-4-20-19(22-13-10-17(11-14-22)23-5-2)21-12-15-24-18-9-7-6-8-16(18)3;/h6-9,17H,4-5,10-15H2,1-3H3,(H,20,21);1H. The smallest absolute Gasteiger partial charge is 0.194 e. The molecule has 0 amide bonds. The molecule has 0 unspecified atom stereocenters. The second-order valence-electron chi connectivity index (χ2n) is 5.99. The lowest BCUT2D eigenvalue weighted by atomic mass is 10.1. The maximum absolute atomic E-state index is 5.83. The van der Waals surface area contributed by atoms with Crippen molar-refractivity contribution >= 4 is 29.9 Å². The van der Waals surface area contributed by atoms with Crippen LogP contribution in [0.3, 0.4) is 0 Å². The van der Waals surface area contributed by atoms with Crippen LogP contribution in [0.5, 0.6) is 5.75 Å². The third kappa shape index (κ3) is 7.40. The van der Waals surface area contributed by atoms with Crippen LogP contribution in [0.4, 0.5) is 0 Å². The molecule has 1 N–H and O–H groups in total. The highest BCUT2D eigenvalue weighted by atomic mass is 127. The number of nitrogens with one attached hydrogen (secondary N) is 1. The van der Waals surface area contributed by atoms with Gasteiger partial charge in [0.15, 0.2) is 5.96 Å². The summed E-state index contributed by atoms with van der Waals surface area (Å²) < 4.78 is 11.6. The van der Waals surface area contributed by atoms with E-state index >= 15 is 0 Å². The largest absolute Gasteiger partial charge is 0.491 e. The van der Waals surface area contributed by atoms with Crippen molar-refractivity contribution in [2.45, 2.75) is 39.7 Å². The fourth-order valence-corrected chi connectivity index (χ4v) is 2.92. The molecule has 0 atom stereocenters. The third-order valence-corrected chi connectivity index (χ3v) is 4.18. The van der Waals surface area contributed by atoms with Gasteiger partial charge in [0.25, 0.3) is 0 Å².